The van der Waals surface area contributed by atoms with E-state index in [1.54, 1.807) is 18.2 Å². The third kappa shape index (κ3) is 4.18. The molecule has 0 aliphatic carbocycles. The van der Waals surface area contributed by atoms with Crippen molar-refractivity contribution in [3.8, 4) is 11.1 Å². The molecular weight excluding hydrogens is 298 g/mol. The fourth-order valence-corrected chi connectivity index (χ4v) is 2.76. The molecule has 0 fully saturated rings. The van der Waals surface area contributed by atoms with Crippen LogP contribution in [0.5, 0.6) is 0 Å². The number of rotatable bonds is 5. The van der Waals surface area contributed by atoms with Crippen LogP contribution < -0.4 is 5.32 Å². The highest BCUT2D eigenvalue weighted by atomic mass is 32.2. The molecule has 0 bridgehead atoms. The minimum Gasteiger partial charge on any atom is -0.352 e. The molecule has 0 saturated heterocycles. The maximum atomic E-state index is 11.6. The maximum Gasteiger partial charge on any atom is 0.219 e. The Morgan fingerprint density at radius 3 is 2.32 bits per heavy atom. The van der Waals surface area contributed by atoms with Gasteiger partial charge in [0.05, 0.1) is 4.90 Å². The summed E-state index contributed by atoms with van der Waals surface area (Å²) in [5, 5.41) is 2.83. The number of benzene rings is 2. The average molecular weight is 317 g/mol. The fraction of sp³-hybridized carbons (Fsp3) is 0.235. The van der Waals surface area contributed by atoms with Crippen LogP contribution in [0.3, 0.4) is 0 Å². The van der Waals surface area contributed by atoms with Gasteiger partial charge in [0.1, 0.15) is 0 Å². The first-order valence-corrected chi connectivity index (χ1v) is 8.95. The molecule has 0 radical (unpaired) electrons. The predicted molar refractivity (Wildman–Crippen MR) is 87.1 cm³/mol. The molecule has 0 atom stereocenters. The fourth-order valence-electron chi connectivity index (χ4n) is 2.09. The lowest BCUT2D eigenvalue weighted by molar-refractivity contribution is -0.120. The van der Waals surface area contributed by atoms with Crippen molar-refractivity contribution in [2.75, 3.05) is 6.26 Å². The summed E-state index contributed by atoms with van der Waals surface area (Å²) >= 11 is 0. The summed E-state index contributed by atoms with van der Waals surface area (Å²) in [5.74, 6) is 0.00415. The molecule has 116 valence electrons. The normalized spacial score (nSPS) is 11.2. The highest BCUT2D eigenvalue weighted by molar-refractivity contribution is 7.90. The van der Waals surface area contributed by atoms with Gasteiger partial charge < -0.3 is 5.32 Å². The first-order chi connectivity index (χ1) is 10.4. The minimum atomic E-state index is -3.23. The zero-order valence-electron chi connectivity index (χ0n) is 12.7. The van der Waals surface area contributed by atoms with Crippen LogP contribution >= 0.6 is 0 Å². The largest absolute Gasteiger partial charge is 0.352 e. The number of carbonyl (C=O) groups excluding carboxylic acids is 1. The monoisotopic (exact) mass is 317 g/mol. The Morgan fingerprint density at radius 2 is 1.68 bits per heavy atom. The van der Waals surface area contributed by atoms with Crippen molar-refractivity contribution in [1.82, 2.24) is 5.32 Å². The van der Waals surface area contributed by atoms with Gasteiger partial charge in [-0.15, -0.1) is 0 Å². The van der Waals surface area contributed by atoms with Crippen molar-refractivity contribution in [2.45, 2.75) is 24.8 Å². The SMILES string of the molecule is CCC(=O)NCc1cccc(-c2cccc(S(C)(=O)=O)c2)c1. The number of nitrogens with one attached hydrogen (secondary N) is 1. The molecule has 1 N–H and O–H groups in total. The molecule has 2 aromatic rings. The van der Waals surface area contributed by atoms with E-state index in [-0.39, 0.29) is 5.91 Å². The van der Waals surface area contributed by atoms with Gasteiger partial charge in [0.25, 0.3) is 0 Å². The Bertz CT molecular complexity index is 782. The maximum absolute atomic E-state index is 11.6. The van der Waals surface area contributed by atoms with Crippen molar-refractivity contribution < 1.29 is 13.2 Å². The molecule has 1 amide bonds. The molecule has 22 heavy (non-hydrogen) atoms. The summed E-state index contributed by atoms with van der Waals surface area (Å²) in [7, 11) is -3.23. The molecular formula is C17H19NO3S. The predicted octanol–water partition coefficient (Wildman–Crippen LogP) is 2.78. The van der Waals surface area contributed by atoms with E-state index in [1.807, 2.05) is 37.3 Å². The van der Waals surface area contributed by atoms with Crippen molar-refractivity contribution in [3.05, 3.63) is 54.1 Å². The van der Waals surface area contributed by atoms with Gasteiger partial charge in [-0.25, -0.2) is 8.42 Å². The number of amides is 1. The van der Waals surface area contributed by atoms with Crippen molar-refractivity contribution in [1.29, 1.82) is 0 Å². The van der Waals surface area contributed by atoms with Crippen LogP contribution in [-0.2, 0) is 21.2 Å². The van der Waals surface area contributed by atoms with Gasteiger partial charge in [-0.05, 0) is 34.9 Å². The first-order valence-electron chi connectivity index (χ1n) is 7.06. The van der Waals surface area contributed by atoms with Gasteiger partial charge in [-0.3, -0.25) is 4.79 Å². The Hall–Kier alpha value is -2.14. The summed E-state index contributed by atoms with van der Waals surface area (Å²) in [5.41, 5.74) is 2.74. The zero-order chi connectivity index (χ0) is 16.2. The lowest BCUT2D eigenvalue weighted by Gasteiger charge is -2.08. The molecule has 4 nitrogen and oxygen atoms in total. The van der Waals surface area contributed by atoms with Gasteiger partial charge in [-0.2, -0.15) is 0 Å². The topological polar surface area (TPSA) is 63.2 Å². The lowest BCUT2D eigenvalue weighted by atomic mass is 10.0. The lowest BCUT2D eigenvalue weighted by Crippen LogP contribution is -2.21. The van der Waals surface area contributed by atoms with Gasteiger partial charge in [0, 0.05) is 19.2 Å². The third-order valence-electron chi connectivity index (χ3n) is 3.33. The van der Waals surface area contributed by atoms with E-state index < -0.39 is 9.84 Å². The standard InChI is InChI=1S/C17H19NO3S/c1-3-17(19)18-12-13-6-4-7-14(10-13)15-8-5-9-16(11-15)22(2,20)21/h4-11H,3,12H2,1-2H3,(H,18,19). The summed E-state index contributed by atoms with van der Waals surface area (Å²) in [6.45, 7) is 2.27. The summed E-state index contributed by atoms with van der Waals surface area (Å²) in [6, 6.07) is 14.6. The molecule has 0 unspecified atom stereocenters. The summed E-state index contributed by atoms with van der Waals surface area (Å²) in [4.78, 5) is 11.6. The van der Waals surface area contributed by atoms with Crippen LogP contribution in [-0.4, -0.2) is 20.6 Å². The zero-order valence-corrected chi connectivity index (χ0v) is 13.5. The van der Waals surface area contributed by atoms with Crippen molar-refractivity contribution >= 4 is 15.7 Å². The molecule has 0 aliphatic rings. The van der Waals surface area contributed by atoms with E-state index >= 15 is 0 Å². The van der Waals surface area contributed by atoms with Crippen molar-refractivity contribution in [3.63, 3.8) is 0 Å². The van der Waals surface area contributed by atoms with Crippen LogP contribution in [0.25, 0.3) is 11.1 Å². The highest BCUT2D eigenvalue weighted by Crippen LogP contribution is 2.23. The van der Waals surface area contributed by atoms with E-state index in [0.29, 0.717) is 17.9 Å². The number of sulfone groups is 1. The third-order valence-corrected chi connectivity index (χ3v) is 4.44. The van der Waals surface area contributed by atoms with Gasteiger partial charge in [0.15, 0.2) is 9.84 Å². The quantitative estimate of drug-likeness (QED) is 0.922. The van der Waals surface area contributed by atoms with Crippen LogP contribution in [0, 0.1) is 0 Å². The van der Waals surface area contributed by atoms with E-state index in [2.05, 4.69) is 5.32 Å². The van der Waals surface area contributed by atoms with Crippen LogP contribution in [0.4, 0.5) is 0 Å². The van der Waals surface area contributed by atoms with Gasteiger partial charge >= 0.3 is 0 Å². The van der Waals surface area contributed by atoms with Crippen LogP contribution in [0.2, 0.25) is 0 Å². The van der Waals surface area contributed by atoms with E-state index in [1.165, 1.54) is 6.26 Å². The smallest absolute Gasteiger partial charge is 0.219 e. The van der Waals surface area contributed by atoms with Gasteiger partial charge in [0.2, 0.25) is 5.91 Å². The number of hydrogen-bond acceptors (Lipinski definition) is 3. The van der Waals surface area contributed by atoms with E-state index in [9.17, 15) is 13.2 Å². The highest BCUT2D eigenvalue weighted by Gasteiger charge is 2.08. The Kier molecular flexibility index (Phi) is 4.98. The Labute approximate surface area is 131 Å². The average Bonchev–Trinajstić information content (AvgIpc) is 2.52. The van der Waals surface area contributed by atoms with Gasteiger partial charge in [-0.1, -0.05) is 37.3 Å². The molecule has 0 aliphatic heterocycles. The molecule has 0 heterocycles. The summed E-state index contributed by atoms with van der Waals surface area (Å²) < 4.78 is 23.3. The molecule has 2 aromatic carbocycles. The van der Waals surface area contributed by atoms with Crippen molar-refractivity contribution in [2.24, 2.45) is 0 Å². The first kappa shape index (κ1) is 16.2. The van der Waals surface area contributed by atoms with Crippen LogP contribution in [0.1, 0.15) is 18.9 Å². The Balaban J connectivity index is 2.28. The number of carbonyl (C=O) groups is 1. The van der Waals surface area contributed by atoms with E-state index in [0.717, 1.165) is 16.7 Å². The molecule has 2 rings (SSSR count). The van der Waals surface area contributed by atoms with Crippen LogP contribution in [0.15, 0.2) is 53.4 Å². The Morgan fingerprint density at radius 1 is 1.05 bits per heavy atom. The molecule has 0 saturated carbocycles. The second kappa shape index (κ2) is 6.75. The molecule has 5 heteroatoms. The summed E-state index contributed by atoms with van der Waals surface area (Å²) in [6.07, 6.45) is 1.65. The van der Waals surface area contributed by atoms with E-state index in [4.69, 9.17) is 0 Å². The second-order valence-corrected chi connectivity index (χ2v) is 7.15. The molecule has 0 spiro atoms. The minimum absolute atomic E-state index is 0.00415. The second-order valence-electron chi connectivity index (χ2n) is 5.13. The number of hydrogen-bond donors (Lipinski definition) is 1. The molecule has 0 aromatic heterocycles.